The quantitative estimate of drug-likeness (QED) is 0.636. The highest BCUT2D eigenvalue weighted by Crippen LogP contribution is 2.11. The van der Waals surface area contributed by atoms with Crippen molar-refractivity contribution in [2.45, 2.75) is 40.0 Å². The summed E-state index contributed by atoms with van der Waals surface area (Å²) in [5.41, 5.74) is 5.59. The Morgan fingerprint density at radius 2 is 2.25 bits per heavy atom. The average molecular weight is 166 g/mol. The van der Waals surface area contributed by atoms with Gasteiger partial charge in [-0.05, 0) is 32.1 Å². The van der Waals surface area contributed by atoms with E-state index in [9.17, 15) is 0 Å². The first-order valence-electron chi connectivity index (χ1n) is 4.69. The minimum absolute atomic E-state index is 0.555. The lowest BCUT2D eigenvalue weighted by atomic mass is 10.1. The van der Waals surface area contributed by atoms with Crippen LogP contribution in [0.2, 0.25) is 0 Å². The molecule has 0 bridgehead atoms. The van der Waals surface area contributed by atoms with Crippen LogP contribution in [0.1, 0.15) is 40.0 Å². The summed E-state index contributed by atoms with van der Waals surface area (Å²) in [5, 5.41) is 4.28. The van der Waals surface area contributed by atoms with Gasteiger partial charge in [-0.3, -0.25) is 5.43 Å². The Labute approximate surface area is 74.7 Å². The third-order valence-electron chi connectivity index (χ3n) is 2.10. The van der Waals surface area contributed by atoms with Crippen molar-refractivity contribution in [1.82, 2.24) is 5.43 Å². The third kappa shape index (κ3) is 2.68. The Balaban J connectivity index is 2.62. The van der Waals surface area contributed by atoms with Gasteiger partial charge in [0.1, 0.15) is 0 Å². The van der Waals surface area contributed by atoms with E-state index in [1.165, 1.54) is 24.3 Å². The molecule has 0 saturated carbocycles. The van der Waals surface area contributed by atoms with Crippen LogP contribution in [0.25, 0.3) is 0 Å². The molecule has 68 valence electrons. The van der Waals surface area contributed by atoms with Crippen molar-refractivity contribution in [1.29, 1.82) is 0 Å². The topological polar surface area (TPSA) is 24.4 Å². The molecular formula is C10H18N2. The van der Waals surface area contributed by atoms with Gasteiger partial charge in [0.25, 0.3) is 0 Å². The minimum Gasteiger partial charge on any atom is -0.283 e. The van der Waals surface area contributed by atoms with E-state index in [-0.39, 0.29) is 0 Å². The second kappa shape index (κ2) is 4.29. The first-order valence-corrected chi connectivity index (χ1v) is 4.69. The van der Waals surface area contributed by atoms with E-state index in [0.29, 0.717) is 5.92 Å². The third-order valence-corrected chi connectivity index (χ3v) is 2.10. The van der Waals surface area contributed by atoms with Crippen LogP contribution in [0, 0.1) is 5.92 Å². The SMILES string of the molecule is C/C1=N\N/C(C(C)C)=C\CCC1. The molecule has 1 rings (SSSR count). The monoisotopic (exact) mass is 166 g/mol. The smallest absolute Gasteiger partial charge is 0.0351 e. The summed E-state index contributed by atoms with van der Waals surface area (Å²) >= 11 is 0. The summed E-state index contributed by atoms with van der Waals surface area (Å²) in [6.45, 7) is 6.45. The van der Waals surface area contributed by atoms with Gasteiger partial charge < -0.3 is 0 Å². The van der Waals surface area contributed by atoms with Crippen molar-refractivity contribution >= 4 is 5.71 Å². The number of nitrogens with zero attached hydrogens (tertiary/aromatic N) is 1. The van der Waals surface area contributed by atoms with Gasteiger partial charge >= 0.3 is 0 Å². The molecule has 2 heteroatoms. The zero-order valence-electron chi connectivity index (χ0n) is 8.22. The summed E-state index contributed by atoms with van der Waals surface area (Å²) in [6, 6.07) is 0. The molecule has 0 amide bonds. The zero-order chi connectivity index (χ0) is 8.97. The summed E-state index contributed by atoms with van der Waals surface area (Å²) in [6.07, 6.45) is 5.79. The van der Waals surface area contributed by atoms with Crippen LogP contribution < -0.4 is 5.43 Å². The largest absolute Gasteiger partial charge is 0.283 e. The predicted molar refractivity (Wildman–Crippen MR) is 53.0 cm³/mol. The van der Waals surface area contributed by atoms with Crippen molar-refractivity contribution < 1.29 is 0 Å². The highest BCUT2D eigenvalue weighted by atomic mass is 15.3. The fraction of sp³-hybridized carbons (Fsp3) is 0.700. The summed E-state index contributed by atoms with van der Waals surface area (Å²) in [7, 11) is 0. The maximum absolute atomic E-state index is 4.28. The second-order valence-corrected chi connectivity index (χ2v) is 3.67. The van der Waals surface area contributed by atoms with Crippen LogP contribution >= 0.6 is 0 Å². The lowest BCUT2D eigenvalue weighted by Crippen LogP contribution is -2.14. The lowest BCUT2D eigenvalue weighted by molar-refractivity contribution is 0.653. The number of allylic oxidation sites excluding steroid dienone is 2. The maximum Gasteiger partial charge on any atom is 0.0351 e. The van der Waals surface area contributed by atoms with Gasteiger partial charge in [0.05, 0.1) is 0 Å². The van der Waals surface area contributed by atoms with Crippen LogP contribution in [0.5, 0.6) is 0 Å². The van der Waals surface area contributed by atoms with Crippen molar-refractivity contribution in [2.24, 2.45) is 11.0 Å². The molecule has 0 atom stereocenters. The molecule has 1 aliphatic heterocycles. The van der Waals surface area contributed by atoms with Gasteiger partial charge in [-0.15, -0.1) is 0 Å². The van der Waals surface area contributed by atoms with E-state index in [4.69, 9.17) is 0 Å². The molecule has 0 spiro atoms. The Kier molecular flexibility index (Phi) is 3.32. The molecule has 0 aromatic heterocycles. The molecule has 0 fully saturated rings. The standard InChI is InChI=1S/C10H18N2/c1-8(2)10-7-5-4-6-9(3)11-12-10/h7-8,12H,4-6H2,1-3H3/b10-7-,11-9+. The molecule has 1 aliphatic rings. The summed E-state index contributed by atoms with van der Waals surface area (Å²) in [5.74, 6) is 0.555. The number of hydrogen-bond acceptors (Lipinski definition) is 2. The Morgan fingerprint density at radius 3 is 2.92 bits per heavy atom. The van der Waals surface area contributed by atoms with E-state index >= 15 is 0 Å². The molecule has 1 heterocycles. The number of hydrazone groups is 1. The van der Waals surface area contributed by atoms with Crippen LogP contribution in [0.3, 0.4) is 0 Å². The highest BCUT2D eigenvalue weighted by Gasteiger charge is 2.04. The molecule has 2 nitrogen and oxygen atoms in total. The van der Waals surface area contributed by atoms with Gasteiger partial charge in [0.2, 0.25) is 0 Å². The molecule has 1 N–H and O–H groups in total. The molecule has 0 unspecified atom stereocenters. The van der Waals surface area contributed by atoms with E-state index in [2.05, 4.69) is 37.4 Å². The first kappa shape index (κ1) is 9.30. The van der Waals surface area contributed by atoms with Crippen molar-refractivity contribution in [3.05, 3.63) is 11.8 Å². The normalized spacial score (nSPS) is 27.7. The van der Waals surface area contributed by atoms with Crippen LogP contribution in [-0.2, 0) is 0 Å². The molecule has 0 saturated heterocycles. The molecule has 0 radical (unpaired) electrons. The van der Waals surface area contributed by atoms with Crippen LogP contribution in [-0.4, -0.2) is 5.71 Å². The van der Waals surface area contributed by atoms with E-state index in [0.717, 1.165) is 6.42 Å². The van der Waals surface area contributed by atoms with Crippen molar-refractivity contribution in [3.63, 3.8) is 0 Å². The predicted octanol–water partition coefficient (Wildman–Crippen LogP) is 2.68. The Morgan fingerprint density at radius 1 is 1.50 bits per heavy atom. The van der Waals surface area contributed by atoms with Gasteiger partial charge in [-0.25, -0.2) is 0 Å². The molecule has 12 heavy (non-hydrogen) atoms. The fourth-order valence-electron chi connectivity index (χ4n) is 1.24. The number of nitrogens with one attached hydrogen (secondary N) is 1. The van der Waals surface area contributed by atoms with Gasteiger partial charge in [-0.1, -0.05) is 19.9 Å². The number of rotatable bonds is 1. The Hall–Kier alpha value is -0.790. The first-order chi connectivity index (χ1) is 5.70. The van der Waals surface area contributed by atoms with Gasteiger partial charge in [0.15, 0.2) is 0 Å². The van der Waals surface area contributed by atoms with Crippen molar-refractivity contribution in [3.8, 4) is 0 Å². The summed E-state index contributed by atoms with van der Waals surface area (Å²) in [4.78, 5) is 0. The summed E-state index contributed by atoms with van der Waals surface area (Å²) < 4.78 is 0. The van der Waals surface area contributed by atoms with Crippen LogP contribution in [0.15, 0.2) is 16.9 Å². The molecule has 0 aliphatic carbocycles. The fourth-order valence-corrected chi connectivity index (χ4v) is 1.24. The molecular weight excluding hydrogens is 148 g/mol. The molecule has 0 aromatic carbocycles. The van der Waals surface area contributed by atoms with Crippen LogP contribution in [0.4, 0.5) is 0 Å². The second-order valence-electron chi connectivity index (χ2n) is 3.67. The van der Waals surface area contributed by atoms with Crippen molar-refractivity contribution in [2.75, 3.05) is 0 Å². The minimum atomic E-state index is 0.555. The Bertz CT molecular complexity index is 202. The highest BCUT2D eigenvalue weighted by molar-refractivity contribution is 5.81. The van der Waals surface area contributed by atoms with Gasteiger partial charge in [-0.2, -0.15) is 5.10 Å². The van der Waals surface area contributed by atoms with E-state index < -0.39 is 0 Å². The average Bonchev–Trinajstić information content (AvgIpc) is 1.97. The number of hydrogen-bond donors (Lipinski definition) is 1. The lowest BCUT2D eigenvalue weighted by Gasteiger charge is -2.13. The maximum atomic E-state index is 4.28. The van der Waals surface area contributed by atoms with E-state index in [1.54, 1.807) is 0 Å². The molecule has 0 aromatic rings. The zero-order valence-corrected chi connectivity index (χ0v) is 8.22. The van der Waals surface area contributed by atoms with Gasteiger partial charge in [0, 0.05) is 11.4 Å². The van der Waals surface area contributed by atoms with E-state index in [1.807, 2.05) is 0 Å².